The van der Waals surface area contributed by atoms with Gasteiger partial charge in [-0.25, -0.2) is 18.7 Å². The maximum absolute atomic E-state index is 12.8. The highest BCUT2D eigenvalue weighted by molar-refractivity contribution is 7.90. The predicted molar refractivity (Wildman–Crippen MR) is 130 cm³/mol. The molecule has 0 aliphatic carbocycles. The van der Waals surface area contributed by atoms with Gasteiger partial charge < -0.3 is 14.2 Å². The molecule has 3 rings (SSSR count). The van der Waals surface area contributed by atoms with E-state index < -0.39 is 9.92 Å². The number of hydrogen-bond acceptors (Lipinski definition) is 7. The molecule has 0 fully saturated rings. The highest BCUT2D eigenvalue weighted by Crippen LogP contribution is 2.31. The Morgan fingerprint density at radius 1 is 1.21 bits per heavy atom. The SMILES string of the molecule is C=N/C(=C\C=C/C)OCCNS(=N)(=O)c1ccc(Oc2ccnc3cc(OC)ccc23)cc1. The number of pyridine rings is 1. The van der Waals surface area contributed by atoms with Crippen LogP contribution in [0.2, 0.25) is 0 Å². The Morgan fingerprint density at radius 3 is 2.67 bits per heavy atom. The van der Waals surface area contributed by atoms with Gasteiger partial charge in [-0.3, -0.25) is 4.98 Å². The topological polar surface area (TPSA) is 106 Å². The molecule has 0 aliphatic rings. The molecule has 33 heavy (non-hydrogen) atoms. The van der Waals surface area contributed by atoms with Crippen LogP contribution in [0.5, 0.6) is 17.2 Å². The Labute approximate surface area is 193 Å². The van der Waals surface area contributed by atoms with Gasteiger partial charge in [0.15, 0.2) is 0 Å². The molecule has 8 nitrogen and oxygen atoms in total. The van der Waals surface area contributed by atoms with Gasteiger partial charge in [-0.05, 0) is 62.2 Å². The standard InChI is InChI=1S/C24H26N4O4S/c1-4-5-6-24(26-2)31-16-15-28-33(25,29)20-10-7-18(8-11-20)32-23-13-14-27-22-17-19(30-3)9-12-21(22)23/h4-14,17H,2,15-16H2,1,3H3,(H2,25,28,29)/b5-4-,24-6+. The molecule has 0 aliphatic heterocycles. The number of ether oxygens (including phenoxy) is 3. The molecular formula is C24H26N4O4S. The lowest BCUT2D eigenvalue weighted by molar-refractivity contribution is 0.216. The molecule has 0 saturated heterocycles. The molecule has 1 aromatic heterocycles. The fraction of sp³-hybridized carbons (Fsp3) is 0.167. The largest absolute Gasteiger partial charge is 0.497 e. The molecule has 2 N–H and O–H groups in total. The Kier molecular flexibility index (Phi) is 8.17. The highest BCUT2D eigenvalue weighted by atomic mass is 32.2. The molecule has 172 valence electrons. The summed E-state index contributed by atoms with van der Waals surface area (Å²) in [6.45, 7) is 5.71. The number of nitrogens with one attached hydrogen (secondary N) is 2. The van der Waals surface area contributed by atoms with Crippen molar-refractivity contribution in [2.45, 2.75) is 11.8 Å². The summed E-state index contributed by atoms with van der Waals surface area (Å²) < 4.78 is 40.3. The van der Waals surface area contributed by atoms with Crippen molar-refractivity contribution in [2.75, 3.05) is 20.3 Å². The Bertz CT molecular complexity index is 1270. The number of aromatic nitrogens is 1. The summed E-state index contributed by atoms with van der Waals surface area (Å²) in [5, 5.41) is 0.838. The molecule has 0 spiro atoms. The molecule has 3 aromatic rings. The summed E-state index contributed by atoms with van der Waals surface area (Å²) in [6, 6.07) is 13.9. The van der Waals surface area contributed by atoms with Crippen LogP contribution in [0.15, 0.2) is 88.7 Å². The van der Waals surface area contributed by atoms with E-state index in [1.165, 1.54) is 0 Å². The quantitative estimate of drug-likeness (QED) is 0.177. The van der Waals surface area contributed by atoms with Crippen molar-refractivity contribution in [3.63, 3.8) is 0 Å². The van der Waals surface area contributed by atoms with Gasteiger partial charge in [0, 0.05) is 24.2 Å². The second-order valence-electron chi connectivity index (χ2n) is 6.75. The first-order chi connectivity index (χ1) is 16.0. The van der Waals surface area contributed by atoms with Crippen LogP contribution in [0.4, 0.5) is 0 Å². The lowest BCUT2D eigenvalue weighted by Gasteiger charge is -2.12. The third kappa shape index (κ3) is 6.41. The number of nitrogens with zero attached hydrogens (tertiary/aromatic N) is 2. The minimum absolute atomic E-state index is 0.194. The minimum atomic E-state index is -3.20. The van der Waals surface area contributed by atoms with E-state index in [0.29, 0.717) is 28.0 Å². The monoisotopic (exact) mass is 466 g/mol. The van der Waals surface area contributed by atoms with Crippen molar-refractivity contribution in [1.82, 2.24) is 9.71 Å². The zero-order valence-corrected chi connectivity index (χ0v) is 19.3. The van der Waals surface area contributed by atoms with Gasteiger partial charge in [-0.15, -0.1) is 0 Å². The fourth-order valence-corrected chi connectivity index (χ4v) is 3.95. The minimum Gasteiger partial charge on any atom is -0.497 e. The number of hydrogen-bond donors (Lipinski definition) is 2. The lowest BCUT2D eigenvalue weighted by Crippen LogP contribution is -2.26. The van der Waals surface area contributed by atoms with Gasteiger partial charge in [-0.1, -0.05) is 12.2 Å². The number of methoxy groups -OCH3 is 1. The van der Waals surface area contributed by atoms with Crippen LogP contribution in [0.25, 0.3) is 10.9 Å². The second-order valence-corrected chi connectivity index (χ2v) is 8.63. The molecule has 0 amide bonds. The zero-order chi connectivity index (χ0) is 23.7. The number of fused-ring (bicyclic) bond motifs is 1. The molecule has 1 unspecified atom stereocenters. The van der Waals surface area contributed by atoms with E-state index in [2.05, 4.69) is 21.4 Å². The zero-order valence-electron chi connectivity index (χ0n) is 18.5. The van der Waals surface area contributed by atoms with E-state index in [-0.39, 0.29) is 13.2 Å². The number of benzene rings is 2. The summed E-state index contributed by atoms with van der Waals surface area (Å²) in [6.07, 6.45) is 6.95. The summed E-state index contributed by atoms with van der Waals surface area (Å²) in [7, 11) is -1.60. The molecule has 9 heteroatoms. The van der Waals surface area contributed by atoms with Gasteiger partial charge >= 0.3 is 0 Å². The van der Waals surface area contributed by atoms with Gasteiger partial charge in [0.1, 0.15) is 33.8 Å². The van der Waals surface area contributed by atoms with Crippen LogP contribution in [-0.2, 0) is 14.7 Å². The van der Waals surface area contributed by atoms with Crippen molar-refractivity contribution in [1.29, 1.82) is 4.78 Å². The van der Waals surface area contributed by atoms with Crippen molar-refractivity contribution < 1.29 is 18.4 Å². The van der Waals surface area contributed by atoms with Crippen molar-refractivity contribution in [3.8, 4) is 17.2 Å². The summed E-state index contributed by atoms with van der Waals surface area (Å²) in [4.78, 5) is 8.44. The molecule has 0 bridgehead atoms. The fourth-order valence-electron chi connectivity index (χ4n) is 2.89. The third-order valence-electron chi connectivity index (χ3n) is 4.54. The maximum atomic E-state index is 12.8. The van der Waals surface area contributed by atoms with E-state index >= 15 is 0 Å². The van der Waals surface area contributed by atoms with Crippen LogP contribution < -0.4 is 14.2 Å². The van der Waals surface area contributed by atoms with Crippen LogP contribution in [0.3, 0.4) is 0 Å². The van der Waals surface area contributed by atoms with Gasteiger partial charge in [0.25, 0.3) is 0 Å². The van der Waals surface area contributed by atoms with E-state index in [0.717, 1.165) is 10.9 Å². The second kappa shape index (κ2) is 11.3. The van der Waals surface area contributed by atoms with E-state index in [1.54, 1.807) is 55.8 Å². The Balaban J connectivity index is 1.64. The maximum Gasteiger partial charge on any atom is 0.212 e. The first-order valence-corrected chi connectivity index (χ1v) is 11.7. The first-order valence-electron chi connectivity index (χ1n) is 10.1. The van der Waals surface area contributed by atoms with Gasteiger partial charge in [0.05, 0.1) is 17.5 Å². The lowest BCUT2D eigenvalue weighted by atomic mass is 10.2. The molecular weight excluding hydrogens is 440 g/mol. The summed E-state index contributed by atoms with van der Waals surface area (Å²) in [5.74, 6) is 2.26. The molecule has 2 aromatic carbocycles. The van der Waals surface area contributed by atoms with Crippen molar-refractivity contribution in [2.24, 2.45) is 4.99 Å². The number of rotatable bonds is 11. The first kappa shape index (κ1) is 24.0. The van der Waals surface area contributed by atoms with Crippen LogP contribution in [0, 0.1) is 4.78 Å². The smallest absolute Gasteiger partial charge is 0.212 e. The molecule has 0 saturated carbocycles. The molecule has 1 heterocycles. The van der Waals surface area contributed by atoms with E-state index in [1.807, 2.05) is 31.2 Å². The Hall–Kier alpha value is -3.69. The number of allylic oxidation sites excluding steroid dienone is 3. The summed E-state index contributed by atoms with van der Waals surface area (Å²) in [5.41, 5.74) is 0.749. The van der Waals surface area contributed by atoms with Crippen LogP contribution >= 0.6 is 0 Å². The van der Waals surface area contributed by atoms with E-state index in [4.69, 9.17) is 19.0 Å². The highest BCUT2D eigenvalue weighted by Gasteiger charge is 2.11. The van der Waals surface area contributed by atoms with Crippen LogP contribution in [-0.4, -0.2) is 36.2 Å². The van der Waals surface area contributed by atoms with Crippen molar-refractivity contribution >= 4 is 27.5 Å². The van der Waals surface area contributed by atoms with Gasteiger partial charge in [0.2, 0.25) is 5.88 Å². The number of aliphatic imine (C=N–C) groups is 1. The predicted octanol–water partition coefficient (Wildman–Crippen LogP) is 5.08. The van der Waals surface area contributed by atoms with Crippen LogP contribution in [0.1, 0.15) is 6.92 Å². The average Bonchev–Trinajstić information content (AvgIpc) is 2.83. The van der Waals surface area contributed by atoms with Gasteiger partial charge in [-0.2, -0.15) is 0 Å². The molecule has 0 radical (unpaired) electrons. The summed E-state index contributed by atoms with van der Waals surface area (Å²) >= 11 is 0. The molecule has 1 atom stereocenters. The third-order valence-corrected chi connectivity index (χ3v) is 6.08. The van der Waals surface area contributed by atoms with Crippen molar-refractivity contribution in [3.05, 3.63) is 78.8 Å². The Morgan fingerprint density at radius 2 is 1.97 bits per heavy atom. The average molecular weight is 467 g/mol. The van der Waals surface area contributed by atoms with E-state index in [9.17, 15) is 4.21 Å². The normalized spacial score (nSPS) is 13.6.